The lowest BCUT2D eigenvalue weighted by Gasteiger charge is -2.40. The Hall–Kier alpha value is -10.5. The third-order valence-electron chi connectivity index (χ3n) is 19.4. The normalized spacial score (nSPS) is 17.0. The summed E-state index contributed by atoms with van der Waals surface area (Å²) in [6, 6.07) is 107. The SMILES string of the molecule is C1=CCC(C2(c3ccccc3)c3ccccc3-c3ccc(-n4c(-c5ccc(-c6ccccc6)cc5)cc5cc6c(cc(-c7ccc(-c8ccccc8)cc7)n6-c6ccc7c(c6)C(c6ccccc6)(c6ccccc6)C6=C7CCC=C6)cc54)cc32)C=C1. The molecule has 2 heterocycles. The summed E-state index contributed by atoms with van der Waals surface area (Å²) in [4.78, 5) is 0. The van der Waals surface area contributed by atoms with Gasteiger partial charge in [0.1, 0.15) is 0 Å². The van der Waals surface area contributed by atoms with Gasteiger partial charge in [-0.25, -0.2) is 0 Å². The van der Waals surface area contributed by atoms with Crippen LogP contribution in [0.4, 0.5) is 0 Å². The molecule has 0 N–H and O–H groups in total. The molecule has 2 heteroatoms. The van der Waals surface area contributed by atoms with Gasteiger partial charge in [-0.3, -0.25) is 0 Å². The van der Waals surface area contributed by atoms with E-state index in [2.05, 4.69) is 331 Å². The van der Waals surface area contributed by atoms with E-state index in [1.165, 1.54) is 94.2 Å². The summed E-state index contributed by atoms with van der Waals surface area (Å²) < 4.78 is 5.11. The van der Waals surface area contributed by atoms with Crippen LogP contribution in [0.15, 0.2) is 327 Å². The highest BCUT2D eigenvalue weighted by Crippen LogP contribution is 2.60. The summed E-state index contributed by atoms with van der Waals surface area (Å²) in [7, 11) is 0. The van der Waals surface area contributed by atoms with Crippen LogP contribution in [-0.2, 0) is 10.8 Å². The molecule has 11 aromatic carbocycles. The van der Waals surface area contributed by atoms with Crippen LogP contribution in [0.2, 0.25) is 0 Å². The molecule has 0 saturated carbocycles. The molecule has 0 bridgehead atoms. The van der Waals surface area contributed by atoms with Gasteiger partial charge in [0.25, 0.3) is 0 Å². The van der Waals surface area contributed by atoms with Crippen molar-refractivity contribution in [2.24, 2.45) is 5.92 Å². The molecule has 0 aliphatic heterocycles. The summed E-state index contributed by atoms with van der Waals surface area (Å²) in [5.41, 5.74) is 27.8. The highest BCUT2D eigenvalue weighted by Gasteiger charge is 2.50. The van der Waals surface area contributed by atoms with Crippen molar-refractivity contribution in [3.8, 4) is 67.3 Å². The summed E-state index contributed by atoms with van der Waals surface area (Å²) in [6.45, 7) is 0. The minimum atomic E-state index is -0.505. The molecule has 0 fully saturated rings. The molecule has 0 radical (unpaired) electrons. The van der Waals surface area contributed by atoms with Crippen LogP contribution in [0.3, 0.4) is 0 Å². The average molecular weight is 1100 g/mol. The van der Waals surface area contributed by atoms with E-state index in [4.69, 9.17) is 0 Å². The zero-order valence-electron chi connectivity index (χ0n) is 47.7. The minimum absolute atomic E-state index is 0.209. The Labute approximate surface area is 503 Å². The molecule has 0 saturated heterocycles. The highest BCUT2D eigenvalue weighted by molar-refractivity contribution is 6.03. The molecule has 13 aromatic rings. The molecule has 2 aromatic heterocycles. The molecule has 406 valence electrons. The van der Waals surface area contributed by atoms with E-state index in [-0.39, 0.29) is 5.92 Å². The van der Waals surface area contributed by atoms with E-state index in [0.29, 0.717) is 0 Å². The maximum Gasteiger partial charge on any atom is 0.0710 e. The third kappa shape index (κ3) is 7.59. The van der Waals surface area contributed by atoms with Gasteiger partial charge in [0.2, 0.25) is 0 Å². The Morgan fingerprint density at radius 1 is 0.349 bits per heavy atom. The monoisotopic (exact) mass is 1100 g/mol. The van der Waals surface area contributed by atoms with Crippen LogP contribution in [0.1, 0.15) is 58.2 Å². The summed E-state index contributed by atoms with van der Waals surface area (Å²) in [5, 5.41) is 2.35. The van der Waals surface area contributed by atoms with E-state index in [9.17, 15) is 0 Å². The number of allylic oxidation sites excluding steroid dienone is 8. The number of fused-ring (bicyclic) bond motifs is 7. The van der Waals surface area contributed by atoms with Crippen LogP contribution in [0.5, 0.6) is 0 Å². The standard InChI is InChI=1S/C84H60N2/c1-7-23-57(24-8-1)59-39-43-61(44-40-59)79-51-63-53-82-64(54-81(63)85(79)69-47-49-73-71-35-19-21-37-75(71)83(77(73)55-69,65-27-11-3-12-28-65)66-29-13-4-14-30-66)52-80(62-45-41-60(42-46-62)58-25-9-2-10-26-58)86(82)70-48-50-74-72-36-20-22-38-76(72)84(78(74)56-70,67-31-15-5-16-32-67)68-33-17-6-18-34-68/h1-19,21-29,31-35,37-56,66H,20,30,36H2. The lowest BCUT2D eigenvalue weighted by molar-refractivity contribution is 0.457. The van der Waals surface area contributed by atoms with Gasteiger partial charge in [-0.05, 0) is 168 Å². The molecule has 4 aliphatic rings. The fourth-order valence-electron chi connectivity index (χ4n) is 15.6. The first-order valence-electron chi connectivity index (χ1n) is 30.5. The van der Waals surface area contributed by atoms with Crippen molar-refractivity contribution < 1.29 is 0 Å². The molecular weight excluding hydrogens is 1040 g/mol. The quantitative estimate of drug-likeness (QED) is 0.129. The molecule has 0 spiro atoms. The predicted molar refractivity (Wildman–Crippen MR) is 358 cm³/mol. The molecule has 86 heavy (non-hydrogen) atoms. The van der Waals surface area contributed by atoms with Crippen LogP contribution < -0.4 is 0 Å². The van der Waals surface area contributed by atoms with Gasteiger partial charge in [0.05, 0.1) is 33.3 Å². The third-order valence-corrected chi connectivity index (χ3v) is 19.4. The Morgan fingerprint density at radius 3 is 1.36 bits per heavy atom. The van der Waals surface area contributed by atoms with Gasteiger partial charge < -0.3 is 9.13 Å². The van der Waals surface area contributed by atoms with Crippen molar-refractivity contribution in [3.63, 3.8) is 0 Å². The largest absolute Gasteiger partial charge is 0.309 e. The average Bonchev–Trinajstić information content (AvgIpc) is 1.59. The van der Waals surface area contributed by atoms with E-state index < -0.39 is 10.8 Å². The predicted octanol–water partition coefficient (Wildman–Crippen LogP) is 21.1. The zero-order valence-corrected chi connectivity index (χ0v) is 47.7. The summed E-state index contributed by atoms with van der Waals surface area (Å²) >= 11 is 0. The van der Waals surface area contributed by atoms with Crippen molar-refractivity contribution in [2.45, 2.75) is 30.1 Å². The van der Waals surface area contributed by atoms with Crippen LogP contribution >= 0.6 is 0 Å². The summed E-state index contributed by atoms with van der Waals surface area (Å²) in [6.07, 6.45) is 17.1. The van der Waals surface area contributed by atoms with Crippen molar-refractivity contribution in [1.29, 1.82) is 0 Å². The fraction of sp³-hybridized carbons (Fsp3) is 0.0714. The second kappa shape index (κ2) is 20.1. The molecule has 17 rings (SSSR count). The van der Waals surface area contributed by atoms with Gasteiger partial charge in [0.15, 0.2) is 0 Å². The van der Waals surface area contributed by atoms with Gasteiger partial charge in [-0.15, -0.1) is 0 Å². The first-order chi connectivity index (χ1) is 42.6. The van der Waals surface area contributed by atoms with Crippen LogP contribution in [0.25, 0.3) is 94.6 Å². The van der Waals surface area contributed by atoms with E-state index in [1.54, 1.807) is 0 Å². The molecule has 2 atom stereocenters. The maximum atomic E-state index is 2.56. The van der Waals surface area contributed by atoms with Gasteiger partial charge in [0, 0.05) is 22.1 Å². The zero-order chi connectivity index (χ0) is 56.8. The molecule has 0 amide bonds. The Bertz CT molecular complexity index is 4860. The maximum absolute atomic E-state index is 2.56. The lowest BCUT2D eigenvalue weighted by atomic mass is 9.62. The second-order valence-electron chi connectivity index (χ2n) is 23.7. The van der Waals surface area contributed by atoms with E-state index >= 15 is 0 Å². The first kappa shape index (κ1) is 50.0. The molecule has 2 nitrogen and oxygen atoms in total. The van der Waals surface area contributed by atoms with Crippen molar-refractivity contribution in [3.05, 3.63) is 366 Å². The minimum Gasteiger partial charge on any atom is -0.309 e. The van der Waals surface area contributed by atoms with Gasteiger partial charge in [-0.1, -0.05) is 273 Å². The number of benzene rings is 11. The smallest absolute Gasteiger partial charge is 0.0710 e. The Balaban J connectivity index is 0.921. The van der Waals surface area contributed by atoms with Crippen molar-refractivity contribution in [2.75, 3.05) is 0 Å². The Morgan fingerprint density at radius 2 is 0.814 bits per heavy atom. The van der Waals surface area contributed by atoms with Crippen LogP contribution in [-0.4, -0.2) is 9.13 Å². The topological polar surface area (TPSA) is 9.86 Å². The molecule has 4 aliphatic carbocycles. The Kier molecular flexibility index (Phi) is 11.7. The fourth-order valence-corrected chi connectivity index (χ4v) is 15.6. The molecular formula is C84H60N2. The number of nitrogens with zero attached hydrogens (tertiary/aromatic N) is 2. The number of hydrogen-bond donors (Lipinski definition) is 0. The van der Waals surface area contributed by atoms with E-state index in [0.717, 1.165) is 64.2 Å². The highest BCUT2D eigenvalue weighted by atomic mass is 15.0. The van der Waals surface area contributed by atoms with Gasteiger partial charge in [-0.2, -0.15) is 0 Å². The van der Waals surface area contributed by atoms with Crippen molar-refractivity contribution >= 4 is 27.4 Å². The second-order valence-corrected chi connectivity index (χ2v) is 23.7. The number of rotatable bonds is 10. The first-order valence-corrected chi connectivity index (χ1v) is 30.5. The lowest BCUT2D eigenvalue weighted by Crippen LogP contribution is -2.35. The van der Waals surface area contributed by atoms with Crippen LogP contribution in [0, 0.1) is 5.92 Å². The van der Waals surface area contributed by atoms with E-state index in [1.807, 2.05) is 0 Å². The number of aromatic nitrogens is 2. The van der Waals surface area contributed by atoms with Gasteiger partial charge >= 0.3 is 0 Å². The molecule has 2 unspecified atom stereocenters. The summed E-state index contributed by atoms with van der Waals surface area (Å²) in [5.74, 6) is 0.209. The van der Waals surface area contributed by atoms with Crippen molar-refractivity contribution in [1.82, 2.24) is 9.13 Å². The number of hydrogen-bond acceptors (Lipinski definition) is 0.